The molecule has 1 unspecified atom stereocenters. The Bertz CT molecular complexity index is 772. The number of carbonyl (C=O) groups excluding carboxylic acids is 1. The number of piperidine rings is 1. The molecule has 2 aromatic rings. The number of carbonyl (C=O) groups is 1. The molecule has 128 valence electrons. The van der Waals surface area contributed by atoms with Crippen LogP contribution in [0.25, 0.3) is 5.69 Å². The second-order valence-corrected chi connectivity index (χ2v) is 9.02. The molecule has 1 amide bonds. The zero-order chi connectivity index (χ0) is 17.1. The minimum absolute atomic E-state index is 0.186. The summed E-state index contributed by atoms with van der Waals surface area (Å²) in [6.07, 6.45) is 3.41. The lowest BCUT2D eigenvalue weighted by atomic mass is 10.0. The smallest absolute Gasteiger partial charge is 0.233 e. The largest absolute Gasteiger partial charge is 0.339 e. The van der Waals surface area contributed by atoms with E-state index in [1.54, 1.807) is 4.68 Å². The lowest BCUT2D eigenvalue weighted by molar-refractivity contribution is -0.131. The molecular formula is C16H18ClN3OS3. The SMILES string of the molecule is CC1CCCCN1C(=O)CSc1nn(-c2ccc(Cl)cc2)c(=S)s1. The quantitative estimate of drug-likeness (QED) is 0.546. The number of nitrogens with zero attached hydrogens (tertiary/aromatic N) is 3. The van der Waals surface area contributed by atoms with Crippen LogP contribution in [0.3, 0.4) is 0 Å². The van der Waals surface area contributed by atoms with E-state index in [-0.39, 0.29) is 5.91 Å². The van der Waals surface area contributed by atoms with Gasteiger partial charge in [-0.25, -0.2) is 4.68 Å². The third-order valence-electron chi connectivity index (χ3n) is 4.04. The molecule has 0 radical (unpaired) electrons. The maximum absolute atomic E-state index is 12.4. The van der Waals surface area contributed by atoms with Gasteiger partial charge in [-0.05, 0) is 62.7 Å². The Morgan fingerprint density at radius 1 is 1.42 bits per heavy atom. The lowest BCUT2D eigenvalue weighted by Gasteiger charge is -2.33. The van der Waals surface area contributed by atoms with Crippen LogP contribution in [0.2, 0.25) is 5.02 Å². The minimum atomic E-state index is 0.186. The Kier molecular flexibility index (Phi) is 5.97. The van der Waals surface area contributed by atoms with Crippen LogP contribution in [0.1, 0.15) is 26.2 Å². The third kappa shape index (κ3) is 4.20. The van der Waals surface area contributed by atoms with E-state index < -0.39 is 0 Å². The highest BCUT2D eigenvalue weighted by molar-refractivity contribution is 8.01. The molecule has 1 aromatic carbocycles. The Hall–Kier alpha value is -0.890. The normalized spacial score (nSPS) is 17.9. The fraction of sp³-hybridized carbons (Fsp3) is 0.438. The van der Waals surface area contributed by atoms with Crippen molar-refractivity contribution in [2.75, 3.05) is 12.3 Å². The Labute approximate surface area is 159 Å². The zero-order valence-electron chi connectivity index (χ0n) is 13.3. The number of aromatic nitrogens is 2. The van der Waals surface area contributed by atoms with Crippen molar-refractivity contribution in [2.24, 2.45) is 0 Å². The Morgan fingerprint density at radius 2 is 2.17 bits per heavy atom. The van der Waals surface area contributed by atoms with Crippen LogP contribution in [0, 0.1) is 3.95 Å². The first-order valence-corrected chi connectivity index (χ1v) is 10.4. The number of hydrogen-bond acceptors (Lipinski definition) is 5. The van der Waals surface area contributed by atoms with Gasteiger partial charge in [0, 0.05) is 17.6 Å². The minimum Gasteiger partial charge on any atom is -0.339 e. The monoisotopic (exact) mass is 399 g/mol. The molecule has 8 heteroatoms. The summed E-state index contributed by atoms with van der Waals surface area (Å²) in [4.78, 5) is 14.4. The van der Waals surface area contributed by atoms with E-state index in [1.807, 2.05) is 29.2 Å². The number of amides is 1. The van der Waals surface area contributed by atoms with Crippen molar-refractivity contribution in [1.82, 2.24) is 14.7 Å². The van der Waals surface area contributed by atoms with Crippen molar-refractivity contribution < 1.29 is 4.79 Å². The average molecular weight is 400 g/mol. The van der Waals surface area contributed by atoms with Gasteiger partial charge in [0.2, 0.25) is 5.91 Å². The number of thioether (sulfide) groups is 1. The van der Waals surface area contributed by atoms with Gasteiger partial charge in [-0.15, -0.1) is 5.10 Å². The molecule has 2 heterocycles. The second-order valence-electron chi connectivity index (χ2n) is 5.74. The molecule has 3 rings (SSSR count). The first kappa shape index (κ1) is 17.9. The van der Waals surface area contributed by atoms with Gasteiger partial charge in [0.1, 0.15) is 0 Å². The summed E-state index contributed by atoms with van der Waals surface area (Å²) in [5, 5.41) is 5.20. The number of hydrogen-bond donors (Lipinski definition) is 0. The summed E-state index contributed by atoms with van der Waals surface area (Å²) in [6, 6.07) is 7.73. The first-order valence-electron chi connectivity index (χ1n) is 7.83. The van der Waals surface area contributed by atoms with Crippen LogP contribution in [-0.4, -0.2) is 38.9 Å². The standard InChI is InChI=1S/C16H18ClN3OS3/c1-11-4-2-3-9-19(11)14(21)10-23-15-18-20(16(22)24-15)13-7-5-12(17)6-8-13/h5-8,11H,2-4,9-10H2,1H3. The van der Waals surface area contributed by atoms with Crippen molar-refractivity contribution >= 4 is 52.8 Å². The average Bonchev–Trinajstić information content (AvgIpc) is 2.95. The molecular weight excluding hydrogens is 382 g/mol. The van der Waals surface area contributed by atoms with Gasteiger partial charge in [0.25, 0.3) is 0 Å². The van der Waals surface area contributed by atoms with E-state index in [9.17, 15) is 4.79 Å². The van der Waals surface area contributed by atoms with E-state index in [4.69, 9.17) is 23.8 Å². The van der Waals surface area contributed by atoms with Gasteiger partial charge in [-0.1, -0.05) is 34.7 Å². The maximum Gasteiger partial charge on any atom is 0.233 e. The highest BCUT2D eigenvalue weighted by Crippen LogP contribution is 2.26. The molecule has 1 saturated heterocycles. The van der Waals surface area contributed by atoms with Crippen LogP contribution >= 0.6 is 46.9 Å². The van der Waals surface area contributed by atoms with Gasteiger partial charge in [-0.2, -0.15) is 0 Å². The fourth-order valence-electron chi connectivity index (χ4n) is 2.74. The van der Waals surface area contributed by atoms with Crippen molar-refractivity contribution in [3.63, 3.8) is 0 Å². The summed E-state index contributed by atoms with van der Waals surface area (Å²) in [5.41, 5.74) is 0.878. The molecule has 0 N–H and O–H groups in total. The molecule has 0 aliphatic carbocycles. The van der Waals surface area contributed by atoms with E-state index in [1.165, 1.54) is 29.5 Å². The molecule has 0 bridgehead atoms. The molecule has 1 atom stereocenters. The van der Waals surface area contributed by atoms with Crippen LogP contribution in [0.4, 0.5) is 0 Å². The van der Waals surface area contributed by atoms with Crippen LogP contribution in [0.15, 0.2) is 28.6 Å². The molecule has 1 aliphatic heterocycles. The molecule has 4 nitrogen and oxygen atoms in total. The highest BCUT2D eigenvalue weighted by atomic mass is 35.5. The predicted molar refractivity (Wildman–Crippen MR) is 103 cm³/mol. The fourth-order valence-corrected chi connectivity index (χ4v) is 5.11. The summed E-state index contributed by atoms with van der Waals surface area (Å²) >= 11 is 14.2. The summed E-state index contributed by atoms with van der Waals surface area (Å²) in [6.45, 7) is 3.00. The van der Waals surface area contributed by atoms with E-state index in [0.717, 1.165) is 29.4 Å². The number of halogens is 1. The van der Waals surface area contributed by atoms with Gasteiger partial charge in [-0.3, -0.25) is 4.79 Å². The van der Waals surface area contributed by atoms with Gasteiger partial charge in [0.15, 0.2) is 8.29 Å². The summed E-state index contributed by atoms with van der Waals surface area (Å²) < 4.78 is 3.19. The van der Waals surface area contributed by atoms with Gasteiger partial charge < -0.3 is 4.90 Å². The van der Waals surface area contributed by atoms with Gasteiger partial charge in [0.05, 0.1) is 11.4 Å². The van der Waals surface area contributed by atoms with Crippen molar-refractivity contribution in [2.45, 2.75) is 36.6 Å². The third-order valence-corrected chi connectivity index (χ3v) is 6.65. The Balaban J connectivity index is 1.66. The number of rotatable bonds is 4. The Morgan fingerprint density at radius 3 is 2.88 bits per heavy atom. The molecule has 0 spiro atoms. The molecule has 1 aliphatic rings. The lowest BCUT2D eigenvalue weighted by Crippen LogP contribution is -2.42. The molecule has 1 aromatic heterocycles. The second kappa shape index (κ2) is 7.99. The predicted octanol–water partition coefficient (Wildman–Crippen LogP) is 4.81. The van der Waals surface area contributed by atoms with Crippen molar-refractivity contribution in [1.29, 1.82) is 0 Å². The summed E-state index contributed by atoms with van der Waals surface area (Å²) in [7, 11) is 0. The maximum atomic E-state index is 12.4. The number of benzene rings is 1. The van der Waals surface area contributed by atoms with Crippen LogP contribution in [-0.2, 0) is 4.79 Å². The van der Waals surface area contributed by atoms with Crippen LogP contribution < -0.4 is 0 Å². The van der Waals surface area contributed by atoms with Crippen LogP contribution in [0.5, 0.6) is 0 Å². The van der Waals surface area contributed by atoms with Crippen molar-refractivity contribution in [3.05, 3.63) is 33.2 Å². The zero-order valence-corrected chi connectivity index (χ0v) is 16.5. The first-order chi connectivity index (χ1) is 11.5. The van der Waals surface area contributed by atoms with Gasteiger partial charge >= 0.3 is 0 Å². The van der Waals surface area contributed by atoms with E-state index in [0.29, 0.717) is 20.8 Å². The number of likely N-dealkylation sites (tertiary alicyclic amines) is 1. The van der Waals surface area contributed by atoms with E-state index in [2.05, 4.69) is 12.0 Å². The van der Waals surface area contributed by atoms with E-state index >= 15 is 0 Å². The topological polar surface area (TPSA) is 38.1 Å². The molecule has 24 heavy (non-hydrogen) atoms. The molecule has 0 saturated carbocycles. The molecule has 1 fully saturated rings. The summed E-state index contributed by atoms with van der Waals surface area (Å²) in [5.74, 6) is 0.596. The van der Waals surface area contributed by atoms with Crippen molar-refractivity contribution in [3.8, 4) is 5.69 Å². The highest BCUT2D eigenvalue weighted by Gasteiger charge is 2.23.